The van der Waals surface area contributed by atoms with Crippen LogP contribution in [-0.4, -0.2) is 22.4 Å². The highest BCUT2D eigenvalue weighted by Gasteiger charge is 2.22. The molecular weight excluding hydrogens is 396 g/mol. The summed E-state index contributed by atoms with van der Waals surface area (Å²) in [6, 6.07) is 30.1. The Morgan fingerprint density at radius 1 is 0.875 bits per heavy atom. The molecule has 0 aliphatic heterocycles. The molecule has 4 aromatic rings. The van der Waals surface area contributed by atoms with Gasteiger partial charge in [-0.25, -0.2) is 4.98 Å². The molecule has 32 heavy (non-hydrogen) atoms. The number of nitrogens with two attached hydrogens (primary N) is 1. The summed E-state index contributed by atoms with van der Waals surface area (Å²) in [5.74, 6) is 0.104. The number of hydrogen-bond acceptors (Lipinski definition) is 4. The summed E-state index contributed by atoms with van der Waals surface area (Å²) < 4.78 is 0. The number of pyridine rings is 2. The molecule has 0 saturated heterocycles. The Hall–Kier alpha value is -3.99. The van der Waals surface area contributed by atoms with Crippen LogP contribution in [0.15, 0.2) is 97.2 Å². The van der Waals surface area contributed by atoms with Crippen LogP contribution in [0.25, 0.3) is 11.3 Å². The van der Waals surface area contributed by atoms with Crippen LogP contribution in [0.2, 0.25) is 0 Å². The Kier molecular flexibility index (Phi) is 6.88. The maximum atomic E-state index is 11.9. The van der Waals surface area contributed by atoms with Crippen LogP contribution in [0.1, 0.15) is 29.2 Å². The highest BCUT2D eigenvalue weighted by atomic mass is 16.1. The standard InChI is InChI=1S/C27H26N4O/c28-26(32)19-23(25-13-7-8-17-29-25)22-14-15-24(21-11-5-2-6-12-21)31-27(22)30-18-16-20-9-3-1-4-10-20/h1-15,17,23H,16,18-19H2,(H2,28,32)(H,30,31). The number of nitrogens with one attached hydrogen (secondary N) is 1. The first-order chi connectivity index (χ1) is 15.7. The van der Waals surface area contributed by atoms with E-state index in [4.69, 9.17) is 10.7 Å². The van der Waals surface area contributed by atoms with Crippen molar-refractivity contribution in [1.29, 1.82) is 0 Å². The van der Waals surface area contributed by atoms with Crippen molar-refractivity contribution in [2.75, 3.05) is 11.9 Å². The quantitative estimate of drug-likeness (QED) is 0.406. The van der Waals surface area contributed by atoms with E-state index in [0.717, 1.165) is 34.8 Å². The van der Waals surface area contributed by atoms with Gasteiger partial charge in [0.1, 0.15) is 5.82 Å². The van der Waals surface area contributed by atoms with Crippen molar-refractivity contribution in [2.45, 2.75) is 18.8 Å². The number of aromatic nitrogens is 2. The Bertz CT molecular complexity index is 1150. The second-order valence-electron chi connectivity index (χ2n) is 7.64. The number of amides is 1. The third kappa shape index (κ3) is 5.38. The van der Waals surface area contributed by atoms with E-state index in [1.165, 1.54) is 5.56 Å². The predicted octanol–water partition coefficient (Wildman–Crippen LogP) is 4.81. The molecule has 5 nitrogen and oxygen atoms in total. The molecule has 1 amide bonds. The second kappa shape index (κ2) is 10.4. The molecule has 0 aliphatic carbocycles. The van der Waals surface area contributed by atoms with E-state index in [9.17, 15) is 4.79 Å². The average Bonchev–Trinajstić information content (AvgIpc) is 2.84. The van der Waals surface area contributed by atoms with E-state index in [2.05, 4.69) is 22.4 Å². The van der Waals surface area contributed by atoms with Crippen LogP contribution in [0.3, 0.4) is 0 Å². The summed E-state index contributed by atoms with van der Waals surface area (Å²) in [5.41, 5.74) is 10.5. The number of anilines is 1. The third-order valence-electron chi connectivity index (χ3n) is 5.37. The monoisotopic (exact) mass is 422 g/mol. The predicted molar refractivity (Wildman–Crippen MR) is 128 cm³/mol. The zero-order chi connectivity index (χ0) is 22.2. The van der Waals surface area contributed by atoms with E-state index in [0.29, 0.717) is 6.54 Å². The smallest absolute Gasteiger partial charge is 0.218 e. The van der Waals surface area contributed by atoms with Crippen molar-refractivity contribution in [3.05, 3.63) is 114 Å². The summed E-state index contributed by atoms with van der Waals surface area (Å²) in [4.78, 5) is 21.3. The zero-order valence-electron chi connectivity index (χ0n) is 17.8. The van der Waals surface area contributed by atoms with Crippen LogP contribution >= 0.6 is 0 Å². The molecule has 0 radical (unpaired) electrons. The fraction of sp³-hybridized carbons (Fsp3) is 0.148. The zero-order valence-corrected chi connectivity index (χ0v) is 17.8. The molecule has 2 aromatic carbocycles. The van der Waals surface area contributed by atoms with E-state index in [-0.39, 0.29) is 18.2 Å². The van der Waals surface area contributed by atoms with E-state index >= 15 is 0 Å². The molecule has 5 heteroatoms. The number of carbonyl (C=O) groups is 1. The number of carbonyl (C=O) groups excluding carboxylic acids is 1. The fourth-order valence-electron chi connectivity index (χ4n) is 3.79. The van der Waals surface area contributed by atoms with Gasteiger partial charge in [0.25, 0.3) is 0 Å². The molecule has 0 saturated carbocycles. The van der Waals surface area contributed by atoms with E-state index in [1.807, 2.05) is 78.9 Å². The van der Waals surface area contributed by atoms with Crippen LogP contribution in [-0.2, 0) is 11.2 Å². The molecule has 160 valence electrons. The molecule has 0 fully saturated rings. The number of nitrogens with zero attached hydrogens (tertiary/aromatic N) is 2. The van der Waals surface area contributed by atoms with Crippen molar-refractivity contribution >= 4 is 11.7 Å². The number of rotatable bonds is 9. The summed E-state index contributed by atoms with van der Waals surface area (Å²) in [5, 5.41) is 3.50. The minimum Gasteiger partial charge on any atom is -0.370 e. The van der Waals surface area contributed by atoms with Crippen molar-refractivity contribution in [3.8, 4) is 11.3 Å². The summed E-state index contributed by atoms with van der Waals surface area (Å²) in [7, 11) is 0. The Balaban J connectivity index is 1.69. The van der Waals surface area contributed by atoms with Gasteiger partial charge >= 0.3 is 0 Å². The lowest BCUT2D eigenvalue weighted by Crippen LogP contribution is -2.19. The van der Waals surface area contributed by atoms with Gasteiger partial charge in [0.15, 0.2) is 0 Å². The first kappa shape index (κ1) is 21.2. The maximum Gasteiger partial charge on any atom is 0.218 e. The van der Waals surface area contributed by atoms with Crippen LogP contribution in [0, 0.1) is 0 Å². The van der Waals surface area contributed by atoms with Gasteiger partial charge in [0.05, 0.1) is 5.69 Å². The summed E-state index contributed by atoms with van der Waals surface area (Å²) in [6.45, 7) is 0.716. The van der Waals surface area contributed by atoms with Gasteiger partial charge in [-0.2, -0.15) is 0 Å². The molecule has 1 atom stereocenters. The molecule has 0 aliphatic rings. The molecule has 0 spiro atoms. The topological polar surface area (TPSA) is 80.9 Å². The van der Waals surface area contributed by atoms with Crippen LogP contribution in [0.5, 0.6) is 0 Å². The highest BCUT2D eigenvalue weighted by Crippen LogP contribution is 2.33. The van der Waals surface area contributed by atoms with Gasteiger partial charge in [-0.1, -0.05) is 72.8 Å². The third-order valence-corrected chi connectivity index (χ3v) is 5.37. The van der Waals surface area contributed by atoms with E-state index < -0.39 is 0 Å². The van der Waals surface area contributed by atoms with Gasteiger partial charge in [-0.3, -0.25) is 9.78 Å². The molecule has 0 bridgehead atoms. The molecular formula is C27H26N4O. The lowest BCUT2D eigenvalue weighted by atomic mass is 9.91. The Morgan fingerprint density at radius 3 is 2.28 bits per heavy atom. The van der Waals surface area contributed by atoms with Gasteiger partial charge in [0, 0.05) is 41.9 Å². The number of hydrogen-bond donors (Lipinski definition) is 2. The number of primary amides is 1. The van der Waals surface area contributed by atoms with Gasteiger partial charge in [0.2, 0.25) is 5.91 Å². The highest BCUT2D eigenvalue weighted by molar-refractivity contribution is 5.76. The summed E-state index contributed by atoms with van der Waals surface area (Å²) in [6.07, 6.45) is 2.76. The normalized spacial score (nSPS) is 11.6. The van der Waals surface area contributed by atoms with E-state index in [1.54, 1.807) is 6.20 Å². The van der Waals surface area contributed by atoms with Crippen LogP contribution in [0.4, 0.5) is 5.82 Å². The molecule has 3 N–H and O–H groups in total. The lowest BCUT2D eigenvalue weighted by molar-refractivity contribution is -0.118. The van der Waals surface area contributed by atoms with Gasteiger partial charge in [-0.05, 0) is 30.2 Å². The molecule has 2 heterocycles. The SMILES string of the molecule is NC(=O)CC(c1ccccn1)c1ccc(-c2ccccc2)nc1NCCc1ccccc1. The summed E-state index contributed by atoms with van der Waals surface area (Å²) >= 11 is 0. The van der Waals surface area contributed by atoms with Crippen molar-refractivity contribution in [1.82, 2.24) is 9.97 Å². The molecule has 4 rings (SSSR count). The largest absolute Gasteiger partial charge is 0.370 e. The van der Waals surface area contributed by atoms with Crippen LogP contribution < -0.4 is 11.1 Å². The number of benzene rings is 2. The fourth-order valence-corrected chi connectivity index (χ4v) is 3.79. The van der Waals surface area contributed by atoms with Gasteiger partial charge in [-0.15, -0.1) is 0 Å². The first-order valence-corrected chi connectivity index (χ1v) is 10.7. The lowest BCUT2D eigenvalue weighted by Gasteiger charge is -2.20. The van der Waals surface area contributed by atoms with Gasteiger partial charge < -0.3 is 11.1 Å². The minimum atomic E-state index is -0.372. The molecule has 1 unspecified atom stereocenters. The first-order valence-electron chi connectivity index (χ1n) is 10.7. The van der Waals surface area contributed by atoms with Crippen molar-refractivity contribution in [3.63, 3.8) is 0 Å². The maximum absolute atomic E-state index is 11.9. The molecule has 2 aromatic heterocycles. The minimum absolute atomic E-state index is 0.163. The second-order valence-corrected chi connectivity index (χ2v) is 7.64. The van der Waals surface area contributed by atoms with Crippen molar-refractivity contribution < 1.29 is 4.79 Å². The van der Waals surface area contributed by atoms with Crippen molar-refractivity contribution in [2.24, 2.45) is 5.73 Å². The Morgan fingerprint density at radius 2 is 1.59 bits per heavy atom. The Labute approximate surface area is 188 Å². The average molecular weight is 423 g/mol.